The zero-order valence-corrected chi connectivity index (χ0v) is 18.9. The van der Waals surface area contributed by atoms with Gasteiger partial charge in [0.05, 0.1) is 6.04 Å². The molecule has 1 aliphatic rings. The van der Waals surface area contributed by atoms with Crippen LogP contribution in [0.5, 0.6) is 0 Å². The predicted octanol–water partition coefficient (Wildman–Crippen LogP) is 2.58. The van der Waals surface area contributed by atoms with Crippen LogP contribution in [0.3, 0.4) is 0 Å². The van der Waals surface area contributed by atoms with Gasteiger partial charge >= 0.3 is 0 Å². The SMILES string of the molecule is CCN1CCN(c2ccc(NC(=O)C(C)NS(=O)(=O)c3ccccc3F)c(C)c2)CC1. The first-order valence-corrected chi connectivity index (χ1v) is 11.8. The fourth-order valence-electron chi connectivity index (χ4n) is 3.56. The Kier molecular flexibility index (Phi) is 7.30. The number of aryl methyl sites for hydroxylation is 1. The quantitative estimate of drug-likeness (QED) is 0.681. The van der Waals surface area contributed by atoms with Gasteiger partial charge in [-0.1, -0.05) is 19.1 Å². The Labute approximate surface area is 183 Å². The van der Waals surface area contributed by atoms with Crippen molar-refractivity contribution in [1.29, 1.82) is 0 Å². The standard InChI is InChI=1S/C22H29FN4O3S/c1-4-26-11-13-27(14-12-26)18-9-10-20(16(2)15-18)24-22(28)17(3)25-31(29,30)21-8-6-5-7-19(21)23/h5-10,15,17,25H,4,11-14H2,1-3H3,(H,24,28). The Morgan fingerprint density at radius 1 is 1.13 bits per heavy atom. The largest absolute Gasteiger partial charge is 0.369 e. The fraction of sp³-hybridized carbons (Fsp3) is 0.409. The molecule has 1 amide bonds. The number of carbonyl (C=O) groups is 1. The van der Waals surface area contributed by atoms with Crippen LogP contribution in [0.1, 0.15) is 19.4 Å². The molecule has 2 aromatic carbocycles. The molecule has 168 valence electrons. The number of nitrogens with one attached hydrogen (secondary N) is 2. The van der Waals surface area contributed by atoms with Crippen LogP contribution in [0, 0.1) is 12.7 Å². The Morgan fingerprint density at radius 2 is 1.81 bits per heavy atom. The van der Waals surface area contributed by atoms with Crippen LogP contribution in [0.25, 0.3) is 0 Å². The van der Waals surface area contributed by atoms with Crippen LogP contribution < -0.4 is 14.9 Å². The summed E-state index contributed by atoms with van der Waals surface area (Å²) in [6, 6.07) is 9.77. The summed E-state index contributed by atoms with van der Waals surface area (Å²) in [5.41, 5.74) is 2.59. The summed E-state index contributed by atoms with van der Waals surface area (Å²) < 4.78 is 40.9. The van der Waals surface area contributed by atoms with E-state index in [2.05, 4.69) is 26.8 Å². The van der Waals surface area contributed by atoms with E-state index in [-0.39, 0.29) is 0 Å². The Hall–Kier alpha value is -2.49. The van der Waals surface area contributed by atoms with Gasteiger partial charge in [-0.25, -0.2) is 12.8 Å². The van der Waals surface area contributed by atoms with E-state index in [4.69, 9.17) is 0 Å². The molecule has 1 unspecified atom stereocenters. The van der Waals surface area contributed by atoms with Gasteiger partial charge in [-0.05, 0) is 56.3 Å². The van der Waals surface area contributed by atoms with E-state index in [0.29, 0.717) is 5.69 Å². The summed E-state index contributed by atoms with van der Waals surface area (Å²) in [4.78, 5) is 16.8. The lowest BCUT2D eigenvalue weighted by Gasteiger charge is -2.35. The third-order valence-electron chi connectivity index (χ3n) is 5.50. The van der Waals surface area contributed by atoms with E-state index in [1.165, 1.54) is 19.1 Å². The van der Waals surface area contributed by atoms with Crippen LogP contribution in [0.4, 0.5) is 15.8 Å². The first-order chi connectivity index (χ1) is 14.7. The van der Waals surface area contributed by atoms with Gasteiger partial charge in [0, 0.05) is 37.6 Å². The summed E-state index contributed by atoms with van der Waals surface area (Å²) in [6.45, 7) is 10.5. The Morgan fingerprint density at radius 3 is 2.42 bits per heavy atom. The number of amides is 1. The number of hydrogen-bond donors (Lipinski definition) is 2. The molecular weight excluding hydrogens is 419 g/mol. The third kappa shape index (κ3) is 5.61. The molecule has 31 heavy (non-hydrogen) atoms. The van der Waals surface area contributed by atoms with E-state index in [0.717, 1.165) is 56.1 Å². The lowest BCUT2D eigenvalue weighted by atomic mass is 10.1. The van der Waals surface area contributed by atoms with Crippen molar-refractivity contribution in [2.24, 2.45) is 0 Å². The maximum Gasteiger partial charge on any atom is 0.244 e. The van der Waals surface area contributed by atoms with Crippen molar-refractivity contribution < 1.29 is 17.6 Å². The maximum absolute atomic E-state index is 13.8. The molecule has 0 spiro atoms. The number of piperazine rings is 1. The Balaban J connectivity index is 1.64. The molecule has 1 saturated heterocycles. The first-order valence-electron chi connectivity index (χ1n) is 10.4. The summed E-state index contributed by atoms with van der Waals surface area (Å²) in [6.07, 6.45) is 0. The number of likely N-dealkylation sites (N-methyl/N-ethyl adjacent to an activating group) is 1. The average molecular weight is 449 g/mol. The minimum atomic E-state index is -4.16. The Bertz CT molecular complexity index is 1040. The molecule has 2 aromatic rings. The van der Waals surface area contributed by atoms with Gasteiger partial charge in [-0.2, -0.15) is 4.72 Å². The molecule has 1 heterocycles. The monoisotopic (exact) mass is 448 g/mol. The van der Waals surface area contributed by atoms with Crippen LogP contribution >= 0.6 is 0 Å². The first kappa shape index (κ1) is 23.2. The van der Waals surface area contributed by atoms with Crippen LogP contribution in [-0.4, -0.2) is 58.0 Å². The van der Waals surface area contributed by atoms with Crippen molar-refractivity contribution in [3.05, 3.63) is 53.8 Å². The molecule has 2 N–H and O–H groups in total. The molecule has 0 aliphatic carbocycles. The van der Waals surface area contributed by atoms with Gasteiger partial charge in [0.1, 0.15) is 10.7 Å². The van der Waals surface area contributed by atoms with Crippen molar-refractivity contribution in [3.63, 3.8) is 0 Å². The highest BCUT2D eigenvalue weighted by molar-refractivity contribution is 7.89. The van der Waals surface area contributed by atoms with Crippen molar-refractivity contribution in [2.45, 2.75) is 31.7 Å². The molecule has 0 saturated carbocycles. The predicted molar refractivity (Wildman–Crippen MR) is 120 cm³/mol. The summed E-state index contributed by atoms with van der Waals surface area (Å²) in [5, 5.41) is 2.76. The van der Waals surface area contributed by atoms with Crippen molar-refractivity contribution >= 4 is 27.3 Å². The highest BCUT2D eigenvalue weighted by Gasteiger charge is 2.25. The van der Waals surface area contributed by atoms with Gasteiger partial charge < -0.3 is 15.1 Å². The number of benzene rings is 2. The topological polar surface area (TPSA) is 81.8 Å². The molecule has 0 aromatic heterocycles. The molecule has 9 heteroatoms. The van der Waals surface area contributed by atoms with Crippen molar-refractivity contribution in [1.82, 2.24) is 9.62 Å². The average Bonchev–Trinajstić information content (AvgIpc) is 2.75. The molecular formula is C22H29FN4O3S. The van der Waals surface area contributed by atoms with E-state index >= 15 is 0 Å². The number of nitrogens with zero attached hydrogens (tertiary/aromatic N) is 2. The van der Waals surface area contributed by atoms with Gasteiger partial charge in [-0.15, -0.1) is 0 Å². The third-order valence-corrected chi connectivity index (χ3v) is 7.08. The summed E-state index contributed by atoms with van der Waals surface area (Å²) in [5.74, 6) is -1.39. The highest BCUT2D eigenvalue weighted by atomic mass is 32.2. The molecule has 0 radical (unpaired) electrons. The molecule has 3 rings (SSSR count). The van der Waals surface area contributed by atoms with Gasteiger partial charge in [0.2, 0.25) is 15.9 Å². The molecule has 7 nitrogen and oxygen atoms in total. The smallest absolute Gasteiger partial charge is 0.244 e. The van der Waals surface area contributed by atoms with E-state index in [9.17, 15) is 17.6 Å². The second kappa shape index (κ2) is 9.76. The lowest BCUT2D eigenvalue weighted by molar-refractivity contribution is -0.117. The van der Waals surface area contributed by atoms with E-state index < -0.39 is 32.7 Å². The minimum absolute atomic E-state index is 0.488. The van der Waals surface area contributed by atoms with E-state index in [1.54, 1.807) is 0 Å². The second-order valence-corrected chi connectivity index (χ2v) is 9.37. The maximum atomic E-state index is 13.8. The number of carbonyl (C=O) groups excluding carboxylic acids is 1. The minimum Gasteiger partial charge on any atom is -0.369 e. The van der Waals surface area contributed by atoms with Crippen molar-refractivity contribution in [2.75, 3.05) is 42.9 Å². The van der Waals surface area contributed by atoms with Crippen LogP contribution in [0.15, 0.2) is 47.4 Å². The van der Waals surface area contributed by atoms with Crippen LogP contribution in [0.2, 0.25) is 0 Å². The van der Waals surface area contributed by atoms with Crippen molar-refractivity contribution in [3.8, 4) is 0 Å². The van der Waals surface area contributed by atoms with Gasteiger partial charge in [0.15, 0.2) is 0 Å². The zero-order valence-electron chi connectivity index (χ0n) is 18.1. The summed E-state index contributed by atoms with van der Waals surface area (Å²) >= 11 is 0. The van der Waals surface area contributed by atoms with Gasteiger partial charge in [-0.3, -0.25) is 4.79 Å². The van der Waals surface area contributed by atoms with Crippen LogP contribution in [-0.2, 0) is 14.8 Å². The fourth-order valence-corrected chi connectivity index (χ4v) is 4.84. The molecule has 0 bridgehead atoms. The summed E-state index contributed by atoms with van der Waals surface area (Å²) in [7, 11) is -4.16. The second-order valence-electron chi connectivity index (χ2n) is 7.68. The number of anilines is 2. The normalized spacial score (nSPS) is 16.2. The number of halogens is 1. The number of hydrogen-bond acceptors (Lipinski definition) is 5. The highest BCUT2D eigenvalue weighted by Crippen LogP contribution is 2.24. The lowest BCUT2D eigenvalue weighted by Crippen LogP contribution is -2.46. The van der Waals surface area contributed by atoms with E-state index in [1.807, 2.05) is 25.1 Å². The molecule has 1 aliphatic heterocycles. The van der Waals surface area contributed by atoms with Gasteiger partial charge in [0.25, 0.3) is 0 Å². The molecule has 1 fully saturated rings. The number of sulfonamides is 1. The molecule has 1 atom stereocenters. The number of rotatable bonds is 7. The zero-order chi connectivity index (χ0) is 22.6.